The molecule has 6 heteroatoms. The molecule has 0 aromatic heterocycles. The van der Waals surface area contributed by atoms with Crippen molar-refractivity contribution in [3.63, 3.8) is 0 Å². The van der Waals surface area contributed by atoms with E-state index in [1.807, 2.05) is 19.1 Å². The fourth-order valence-corrected chi connectivity index (χ4v) is 7.62. The Kier molecular flexibility index (Phi) is 5.10. The van der Waals surface area contributed by atoms with Crippen molar-refractivity contribution in [3.05, 3.63) is 29.8 Å². The summed E-state index contributed by atoms with van der Waals surface area (Å²) < 4.78 is 27.4. The summed E-state index contributed by atoms with van der Waals surface area (Å²) in [6.45, 7) is 10.6. The second kappa shape index (κ2) is 7.09. The van der Waals surface area contributed by atoms with E-state index in [1.165, 1.54) is 6.42 Å². The molecule has 0 N–H and O–H groups in total. The Morgan fingerprint density at radius 2 is 1.66 bits per heavy atom. The van der Waals surface area contributed by atoms with Crippen LogP contribution in [0.4, 0.5) is 0 Å². The molecule has 1 aromatic carbocycles. The van der Waals surface area contributed by atoms with Gasteiger partial charge in [0.05, 0.1) is 4.90 Å². The van der Waals surface area contributed by atoms with Gasteiger partial charge in [-0.15, -0.1) is 0 Å². The lowest BCUT2D eigenvalue weighted by molar-refractivity contribution is -0.138. The number of likely N-dealkylation sites (tertiary alicyclic amines) is 1. The summed E-state index contributed by atoms with van der Waals surface area (Å²) in [5.74, 6) is 0.203. The van der Waals surface area contributed by atoms with Crippen LogP contribution in [0.1, 0.15) is 58.4 Å². The fourth-order valence-electron chi connectivity index (χ4n) is 6.15. The minimum Gasteiger partial charge on any atom is -0.339 e. The Hall–Kier alpha value is -1.40. The van der Waals surface area contributed by atoms with E-state index >= 15 is 0 Å². The summed E-state index contributed by atoms with van der Waals surface area (Å²) in [5, 5.41) is 0. The third-order valence-electron chi connectivity index (χ3n) is 7.16. The van der Waals surface area contributed by atoms with Gasteiger partial charge in [-0.25, -0.2) is 8.42 Å². The summed E-state index contributed by atoms with van der Waals surface area (Å²) in [6, 6.07) is 7.36. The minimum atomic E-state index is -3.48. The second-order valence-corrected chi connectivity index (χ2v) is 12.6. The smallest absolute Gasteiger partial charge is 0.243 e. The van der Waals surface area contributed by atoms with E-state index < -0.39 is 10.0 Å². The van der Waals surface area contributed by atoms with Crippen LogP contribution in [0, 0.1) is 23.7 Å². The Morgan fingerprint density at radius 3 is 2.28 bits per heavy atom. The standard InChI is InChI=1S/C23H34N2O3S/c1-17-5-7-20(8-6-17)29(27,28)24-11-9-18(10-12-24)21(26)25-16-23(4)14-19(25)13-22(2,3)15-23/h5-8,18-19H,9-16H2,1-4H3. The summed E-state index contributed by atoms with van der Waals surface area (Å²) in [4.78, 5) is 15.8. The highest BCUT2D eigenvalue weighted by molar-refractivity contribution is 7.89. The molecule has 0 radical (unpaired) electrons. The second-order valence-electron chi connectivity index (χ2n) is 10.7. The summed E-state index contributed by atoms with van der Waals surface area (Å²) in [5.41, 5.74) is 1.57. The maximum Gasteiger partial charge on any atom is 0.243 e. The zero-order chi connectivity index (χ0) is 21.0. The van der Waals surface area contributed by atoms with Gasteiger partial charge >= 0.3 is 0 Å². The topological polar surface area (TPSA) is 57.7 Å². The Labute approximate surface area is 175 Å². The molecule has 3 aliphatic rings. The molecule has 2 aliphatic heterocycles. The van der Waals surface area contributed by atoms with Gasteiger partial charge in [-0.05, 0) is 62.0 Å². The van der Waals surface area contributed by atoms with Gasteiger partial charge in [-0.1, -0.05) is 38.5 Å². The van der Waals surface area contributed by atoms with E-state index in [9.17, 15) is 13.2 Å². The number of hydrogen-bond donors (Lipinski definition) is 0. The number of rotatable bonds is 3. The summed E-state index contributed by atoms with van der Waals surface area (Å²) >= 11 is 0. The zero-order valence-corrected chi connectivity index (χ0v) is 19.0. The molecule has 0 spiro atoms. The van der Waals surface area contributed by atoms with E-state index in [2.05, 4.69) is 25.7 Å². The van der Waals surface area contributed by atoms with Gasteiger partial charge in [0.1, 0.15) is 0 Å². The Morgan fingerprint density at radius 1 is 1.03 bits per heavy atom. The third-order valence-corrected chi connectivity index (χ3v) is 9.07. The first-order valence-corrected chi connectivity index (χ1v) is 12.3. The molecule has 5 nitrogen and oxygen atoms in total. The van der Waals surface area contributed by atoms with Crippen LogP contribution in [-0.4, -0.2) is 49.2 Å². The van der Waals surface area contributed by atoms with Gasteiger partial charge in [-0.2, -0.15) is 4.31 Å². The normalized spacial score (nSPS) is 30.5. The van der Waals surface area contributed by atoms with E-state index in [4.69, 9.17) is 0 Å². The number of nitrogens with zero attached hydrogens (tertiary/aromatic N) is 2. The molecule has 2 atom stereocenters. The van der Waals surface area contributed by atoms with Gasteiger partial charge in [0.15, 0.2) is 0 Å². The van der Waals surface area contributed by atoms with Crippen LogP contribution in [0.2, 0.25) is 0 Å². The Bertz CT molecular complexity index is 885. The van der Waals surface area contributed by atoms with E-state index in [1.54, 1.807) is 16.4 Å². The number of carbonyl (C=O) groups is 1. The highest BCUT2D eigenvalue weighted by Crippen LogP contribution is 2.52. The van der Waals surface area contributed by atoms with Crippen LogP contribution >= 0.6 is 0 Å². The van der Waals surface area contributed by atoms with Gasteiger partial charge < -0.3 is 4.90 Å². The highest BCUT2D eigenvalue weighted by atomic mass is 32.2. The van der Waals surface area contributed by atoms with Gasteiger partial charge in [0.25, 0.3) is 0 Å². The molecule has 1 saturated carbocycles. The first-order chi connectivity index (χ1) is 13.5. The van der Waals surface area contributed by atoms with Gasteiger partial charge in [0.2, 0.25) is 15.9 Å². The summed E-state index contributed by atoms with van der Waals surface area (Å²) in [7, 11) is -3.48. The molecule has 160 valence electrons. The predicted molar refractivity (Wildman–Crippen MR) is 114 cm³/mol. The lowest BCUT2D eigenvalue weighted by Crippen LogP contribution is -2.46. The molecule has 29 heavy (non-hydrogen) atoms. The zero-order valence-electron chi connectivity index (χ0n) is 18.1. The van der Waals surface area contributed by atoms with Crippen molar-refractivity contribution >= 4 is 15.9 Å². The number of aryl methyl sites for hydroxylation is 1. The number of benzene rings is 1. The van der Waals surface area contributed by atoms with Crippen LogP contribution in [0.25, 0.3) is 0 Å². The first-order valence-electron chi connectivity index (χ1n) is 10.9. The molecule has 1 aromatic rings. The molecular weight excluding hydrogens is 384 g/mol. The van der Waals surface area contributed by atoms with Crippen LogP contribution in [0.3, 0.4) is 0 Å². The molecule has 4 rings (SSSR count). The first kappa shape index (κ1) is 20.9. The number of amides is 1. The van der Waals surface area contributed by atoms with Crippen molar-refractivity contribution in [2.45, 2.75) is 70.7 Å². The number of sulfonamides is 1. The SMILES string of the molecule is Cc1ccc(S(=O)(=O)N2CCC(C(=O)N3CC4(C)CC3CC(C)(C)C4)CC2)cc1. The largest absolute Gasteiger partial charge is 0.339 e. The molecule has 2 bridgehead atoms. The summed E-state index contributed by atoms with van der Waals surface area (Å²) in [6.07, 6.45) is 4.60. The minimum absolute atomic E-state index is 0.0504. The lowest BCUT2D eigenvalue weighted by atomic mass is 9.65. The van der Waals surface area contributed by atoms with Crippen molar-refractivity contribution in [2.24, 2.45) is 16.7 Å². The molecule has 3 fully saturated rings. The van der Waals surface area contributed by atoms with Crippen molar-refractivity contribution < 1.29 is 13.2 Å². The van der Waals surface area contributed by atoms with Gasteiger partial charge in [-0.3, -0.25) is 4.79 Å². The predicted octanol–water partition coefficient (Wildman–Crippen LogP) is 3.82. The molecule has 2 saturated heterocycles. The van der Waals surface area contributed by atoms with Crippen LogP contribution in [-0.2, 0) is 14.8 Å². The number of hydrogen-bond acceptors (Lipinski definition) is 3. The maximum absolute atomic E-state index is 13.3. The molecule has 1 aliphatic carbocycles. The number of piperidine rings is 1. The van der Waals surface area contributed by atoms with Crippen molar-refractivity contribution in [1.29, 1.82) is 0 Å². The van der Waals surface area contributed by atoms with Gasteiger partial charge in [0, 0.05) is 31.6 Å². The van der Waals surface area contributed by atoms with Crippen molar-refractivity contribution in [1.82, 2.24) is 9.21 Å². The quantitative estimate of drug-likeness (QED) is 0.750. The monoisotopic (exact) mass is 418 g/mol. The fraction of sp³-hybridized carbons (Fsp3) is 0.696. The molecule has 1 amide bonds. The molecule has 2 unspecified atom stereocenters. The maximum atomic E-state index is 13.3. The van der Waals surface area contributed by atoms with Crippen molar-refractivity contribution in [2.75, 3.05) is 19.6 Å². The average Bonchev–Trinajstić information content (AvgIpc) is 2.90. The highest BCUT2D eigenvalue weighted by Gasteiger charge is 2.51. The van der Waals surface area contributed by atoms with E-state index in [0.717, 1.165) is 24.9 Å². The van der Waals surface area contributed by atoms with Crippen LogP contribution in [0.15, 0.2) is 29.2 Å². The number of carbonyl (C=O) groups excluding carboxylic acids is 1. The molecule has 2 heterocycles. The van der Waals surface area contributed by atoms with Crippen LogP contribution in [0.5, 0.6) is 0 Å². The van der Waals surface area contributed by atoms with E-state index in [-0.39, 0.29) is 22.7 Å². The molecular formula is C23H34N2O3S. The van der Waals surface area contributed by atoms with Crippen LogP contribution < -0.4 is 0 Å². The number of fused-ring (bicyclic) bond motifs is 2. The Balaban J connectivity index is 1.41. The lowest BCUT2D eigenvalue weighted by Gasteiger charge is -2.40. The average molecular weight is 419 g/mol. The van der Waals surface area contributed by atoms with E-state index in [0.29, 0.717) is 36.9 Å². The third kappa shape index (κ3) is 3.98. The van der Waals surface area contributed by atoms with Crippen molar-refractivity contribution in [3.8, 4) is 0 Å².